The summed E-state index contributed by atoms with van der Waals surface area (Å²) >= 11 is 0. The Morgan fingerprint density at radius 2 is 2.13 bits per heavy atom. The minimum absolute atomic E-state index is 0. The van der Waals surface area contributed by atoms with Crippen LogP contribution in [0.3, 0.4) is 0 Å². The first-order valence-corrected chi connectivity index (χ1v) is 11.5. The van der Waals surface area contributed by atoms with Crippen molar-refractivity contribution in [3.63, 3.8) is 0 Å². The summed E-state index contributed by atoms with van der Waals surface area (Å²) in [5, 5.41) is 17.3. The van der Waals surface area contributed by atoms with Crippen molar-refractivity contribution in [1.82, 2.24) is 10.6 Å². The van der Waals surface area contributed by atoms with E-state index in [1.54, 1.807) is 0 Å². The van der Waals surface area contributed by atoms with E-state index in [0.29, 0.717) is 19.1 Å². The zero-order chi connectivity index (χ0) is 21.4. The van der Waals surface area contributed by atoms with Crippen LogP contribution in [0.15, 0.2) is 23.2 Å². The molecule has 2 aliphatic rings. The fourth-order valence-electron chi connectivity index (χ4n) is 4.23. The van der Waals surface area contributed by atoms with E-state index in [1.807, 2.05) is 0 Å². The molecular weight excluding hydrogens is 505 g/mol. The van der Waals surface area contributed by atoms with Gasteiger partial charge in [-0.2, -0.15) is 0 Å². The number of aryl methyl sites for hydroxylation is 1. The van der Waals surface area contributed by atoms with Gasteiger partial charge >= 0.3 is 0 Å². The quantitative estimate of drug-likeness (QED) is 0.262. The third kappa shape index (κ3) is 7.79. The predicted molar refractivity (Wildman–Crippen MR) is 136 cm³/mol. The van der Waals surface area contributed by atoms with Gasteiger partial charge in [-0.05, 0) is 44.7 Å². The molecule has 0 bridgehead atoms. The topological polar surface area (TPSA) is 75.1 Å². The second kappa shape index (κ2) is 12.8. The summed E-state index contributed by atoms with van der Waals surface area (Å²) < 4.78 is 11.6. The van der Waals surface area contributed by atoms with Gasteiger partial charge in [0.2, 0.25) is 0 Å². The van der Waals surface area contributed by atoms with Crippen molar-refractivity contribution in [2.24, 2.45) is 16.3 Å². The summed E-state index contributed by atoms with van der Waals surface area (Å²) in [6.07, 6.45) is 5.05. The van der Waals surface area contributed by atoms with Gasteiger partial charge in [0.05, 0.1) is 25.9 Å². The van der Waals surface area contributed by atoms with Crippen LogP contribution in [0.2, 0.25) is 0 Å². The molecule has 3 N–H and O–H groups in total. The lowest BCUT2D eigenvalue weighted by atomic mass is 9.73. The minimum Gasteiger partial charge on any atom is -0.493 e. The van der Waals surface area contributed by atoms with Crippen LogP contribution in [-0.2, 0) is 11.3 Å². The molecule has 0 radical (unpaired) electrons. The first-order valence-electron chi connectivity index (χ1n) is 11.5. The average molecular weight is 546 g/mol. The Bertz CT molecular complexity index is 709. The van der Waals surface area contributed by atoms with Crippen LogP contribution >= 0.6 is 24.0 Å². The van der Waals surface area contributed by atoms with Crippen molar-refractivity contribution in [3.05, 3.63) is 29.3 Å². The van der Waals surface area contributed by atoms with Crippen LogP contribution in [0, 0.1) is 18.3 Å². The van der Waals surface area contributed by atoms with E-state index in [1.165, 1.54) is 12.0 Å². The summed E-state index contributed by atoms with van der Waals surface area (Å²) in [6.45, 7) is 10.7. The maximum absolute atomic E-state index is 10.5. The summed E-state index contributed by atoms with van der Waals surface area (Å²) in [4.78, 5) is 4.80. The van der Waals surface area contributed by atoms with E-state index in [9.17, 15) is 5.11 Å². The molecule has 3 atom stereocenters. The Morgan fingerprint density at radius 1 is 1.29 bits per heavy atom. The van der Waals surface area contributed by atoms with Crippen molar-refractivity contribution in [3.8, 4) is 5.75 Å². The molecular formula is C24H40IN3O3. The molecule has 7 heteroatoms. The third-order valence-electron chi connectivity index (χ3n) is 6.41. The van der Waals surface area contributed by atoms with Crippen LogP contribution in [-0.4, -0.2) is 50.1 Å². The Hall–Kier alpha value is -1.06. The minimum atomic E-state index is -0.252. The van der Waals surface area contributed by atoms with Crippen LogP contribution in [0.5, 0.6) is 5.75 Å². The molecule has 1 aromatic carbocycles. The second-order valence-corrected chi connectivity index (χ2v) is 9.12. The van der Waals surface area contributed by atoms with Crippen LogP contribution in [0.1, 0.15) is 57.1 Å². The molecule has 0 spiro atoms. The zero-order valence-electron chi connectivity index (χ0n) is 19.3. The molecule has 1 aromatic rings. The number of halogens is 1. The lowest BCUT2D eigenvalue weighted by molar-refractivity contribution is 0.00397. The van der Waals surface area contributed by atoms with E-state index in [2.05, 4.69) is 49.6 Å². The molecule has 3 rings (SSSR count). The van der Waals surface area contributed by atoms with Crippen LogP contribution < -0.4 is 15.4 Å². The molecule has 0 aromatic heterocycles. The molecule has 1 aliphatic heterocycles. The van der Waals surface area contributed by atoms with E-state index in [0.717, 1.165) is 69.3 Å². The average Bonchev–Trinajstić information content (AvgIpc) is 3.25. The van der Waals surface area contributed by atoms with E-state index >= 15 is 0 Å². The summed E-state index contributed by atoms with van der Waals surface area (Å²) in [5.74, 6) is 2.17. The smallest absolute Gasteiger partial charge is 0.191 e. The van der Waals surface area contributed by atoms with Gasteiger partial charge in [-0.3, -0.25) is 0 Å². The molecule has 2 fully saturated rings. The molecule has 0 amide bonds. The summed E-state index contributed by atoms with van der Waals surface area (Å²) in [5.41, 5.74) is 2.17. The van der Waals surface area contributed by atoms with Gasteiger partial charge in [0, 0.05) is 36.6 Å². The largest absolute Gasteiger partial charge is 0.493 e. The number of nitrogens with zero attached hydrogens (tertiary/aromatic N) is 1. The number of hydrogen-bond acceptors (Lipinski definition) is 4. The molecule has 31 heavy (non-hydrogen) atoms. The van der Waals surface area contributed by atoms with Crippen LogP contribution in [0.4, 0.5) is 0 Å². The highest BCUT2D eigenvalue weighted by Gasteiger charge is 2.35. The van der Waals surface area contributed by atoms with Gasteiger partial charge in [-0.25, -0.2) is 4.99 Å². The molecule has 1 heterocycles. The molecule has 176 valence electrons. The predicted octanol–water partition coefficient (Wildman–Crippen LogP) is 4.02. The molecule has 6 nitrogen and oxygen atoms in total. The van der Waals surface area contributed by atoms with Crippen LogP contribution in [0.25, 0.3) is 0 Å². The van der Waals surface area contributed by atoms with Crippen molar-refractivity contribution in [2.45, 2.75) is 65.5 Å². The number of aliphatic hydroxyl groups excluding tert-OH is 1. The first kappa shape index (κ1) is 26.2. The number of benzene rings is 1. The highest BCUT2D eigenvalue weighted by atomic mass is 127. The van der Waals surface area contributed by atoms with Crippen molar-refractivity contribution in [2.75, 3.05) is 32.9 Å². The number of ether oxygens (including phenoxy) is 2. The van der Waals surface area contributed by atoms with E-state index in [4.69, 9.17) is 14.5 Å². The SMILES string of the molecule is CCNC(=NCc1ccc(C)cc1OCC1CCOC1)NCC1(C)CCCCC1O.I. The maximum Gasteiger partial charge on any atom is 0.191 e. The first-order chi connectivity index (χ1) is 14.5. The lowest BCUT2D eigenvalue weighted by Crippen LogP contribution is -2.48. The molecule has 1 aliphatic carbocycles. The van der Waals surface area contributed by atoms with Gasteiger partial charge in [0.15, 0.2) is 5.96 Å². The van der Waals surface area contributed by atoms with Crippen molar-refractivity contribution < 1.29 is 14.6 Å². The maximum atomic E-state index is 10.5. The number of rotatable bonds is 8. The highest BCUT2D eigenvalue weighted by Crippen LogP contribution is 2.35. The second-order valence-electron chi connectivity index (χ2n) is 9.12. The molecule has 1 saturated heterocycles. The number of aliphatic imine (C=N–C) groups is 1. The Labute approximate surface area is 204 Å². The third-order valence-corrected chi connectivity index (χ3v) is 6.41. The number of guanidine groups is 1. The Morgan fingerprint density at radius 3 is 2.84 bits per heavy atom. The fourth-order valence-corrected chi connectivity index (χ4v) is 4.23. The lowest BCUT2D eigenvalue weighted by Gasteiger charge is -2.38. The van der Waals surface area contributed by atoms with Crippen molar-refractivity contribution >= 4 is 29.9 Å². The zero-order valence-corrected chi connectivity index (χ0v) is 21.6. The highest BCUT2D eigenvalue weighted by molar-refractivity contribution is 14.0. The van der Waals surface area contributed by atoms with Gasteiger partial charge in [-0.1, -0.05) is 31.9 Å². The molecule has 1 saturated carbocycles. The Kier molecular flexibility index (Phi) is 10.9. The standard InChI is InChI=1S/C24H39N3O3.HI/c1-4-25-23(27-17-24(3)11-6-5-7-22(24)28)26-14-20-9-8-18(2)13-21(20)30-16-19-10-12-29-15-19;/h8-9,13,19,22,28H,4-7,10-12,14-17H2,1-3H3,(H2,25,26,27);1H. The monoisotopic (exact) mass is 545 g/mol. The fraction of sp³-hybridized carbons (Fsp3) is 0.708. The van der Waals surface area contributed by atoms with Gasteiger partial charge in [-0.15, -0.1) is 24.0 Å². The van der Waals surface area contributed by atoms with Gasteiger partial charge in [0.25, 0.3) is 0 Å². The van der Waals surface area contributed by atoms with Gasteiger partial charge in [0.1, 0.15) is 5.75 Å². The number of aliphatic hydroxyl groups is 1. The normalized spacial score (nSPS) is 26.3. The van der Waals surface area contributed by atoms with E-state index in [-0.39, 0.29) is 35.5 Å². The van der Waals surface area contributed by atoms with E-state index < -0.39 is 0 Å². The molecule has 3 unspecified atom stereocenters. The Balaban J connectivity index is 0.00000341. The van der Waals surface area contributed by atoms with Gasteiger partial charge < -0.3 is 25.2 Å². The number of nitrogens with one attached hydrogen (secondary N) is 2. The summed E-state index contributed by atoms with van der Waals surface area (Å²) in [6, 6.07) is 6.31. The summed E-state index contributed by atoms with van der Waals surface area (Å²) in [7, 11) is 0. The number of hydrogen-bond donors (Lipinski definition) is 3. The van der Waals surface area contributed by atoms with Crippen molar-refractivity contribution in [1.29, 1.82) is 0 Å².